The van der Waals surface area contributed by atoms with Crippen molar-refractivity contribution in [1.82, 2.24) is 4.98 Å². The van der Waals surface area contributed by atoms with E-state index in [2.05, 4.69) is 9.88 Å². The van der Waals surface area contributed by atoms with Gasteiger partial charge in [-0.25, -0.2) is 4.98 Å². The fourth-order valence-corrected chi connectivity index (χ4v) is 5.63. The molecule has 9 nitrogen and oxygen atoms in total. The van der Waals surface area contributed by atoms with Gasteiger partial charge in [-0.05, 0) is 42.5 Å². The molecule has 0 saturated heterocycles. The van der Waals surface area contributed by atoms with E-state index >= 15 is 0 Å². The van der Waals surface area contributed by atoms with Gasteiger partial charge in [-0.1, -0.05) is 36.4 Å². The molecule has 12 heteroatoms. The van der Waals surface area contributed by atoms with Crippen molar-refractivity contribution in [3.05, 3.63) is 103 Å². The largest absolute Gasteiger partial charge is 1.00 e. The van der Waals surface area contributed by atoms with E-state index in [-0.39, 0.29) is 39.3 Å². The Hall–Kier alpha value is -3.42. The van der Waals surface area contributed by atoms with Gasteiger partial charge in [0.05, 0.1) is 15.5 Å². The molecule has 5 aromatic carbocycles. The summed E-state index contributed by atoms with van der Waals surface area (Å²) in [6, 6.07) is 29.0. The summed E-state index contributed by atoms with van der Waals surface area (Å²) in [4.78, 5) is 4.37. The summed E-state index contributed by atoms with van der Waals surface area (Å²) in [5, 5.41) is 4.33. The van der Waals surface area contributed by atoms with Gasteiger partial charge >= 0.3 is 29.6 Å². The monoisotopic (exact) mass is 581 g/mol. The molecular formula is C28H20N3NaO6S2+2. The van der Waals surface area contributed by atoms with Crippen LogP contribution in [0.5, 0.6) is 0 Å². The number of benzene rings is 5. The SMILES string of the molecule is O=S(=O)(O)c1ccc(Nc2cc3c(nc4ccccc4[n+]3-c3ccccc3)c3ccc(S(=O)(=O)O)cc23)cc1.[Na+]. The summed E-state index contributed by atoms with van der Waals surface area (Å²) in [6.07, 6.45) is 0. The molecular weight excluding hydrogens is 561 g/mol. The van der Waals surface area contributed by atoms with Crippen molar-refractivity contribution >= 4 is 64.5 Å². The van der Waals surface area contributed by atoms with Crippen molar-refractivity contribution in [2.75, 3.05) is 5.32 Å². The molecule has 6 rings (SSSR count). The number of hydrogen-bond acceptors (Lipinski definition) is 6. The Morgan fingerprint density at radius 2 is 1.27 bits per heavy atom. The first kappa shape index (κ1) is 28.1. The first-order valence-electron chi connectivity index (χ1n) is 11.7. The van der Waals surface area contributed by atoms with Gasteiger partial charge in [-0.2, -0.15) is 16.8 Å². The van der Waals surface area contributed by atoms with Crippen LogP contribution >= 0.6 is 0 Å². The number of para-hydroxylation sites is 3. The zero-order chi connectivity index (χ0) is 27.4. The number of nitrogens with zero attached hydrogens (tertiary/aromatic N) is 2. The number of nitrogens with one attached hydrogen (secondary N) is 1. The summed E-state index contributed by atoms with van der Waals surface area (Å²) < 4.78 is 68.1. The summed E-state index contributed by atoms with van der Waals surface area (Å²) in [5.41, 5.74) is 4.79. The second-order valence-electron chi connectivity index (χ2n) is 8.87. The van der Waals surface area contributed by atoms with Crippen LogP contribution in [0.25, 0.3) is 38.5 Å². The molecule has 0 aliphatic rings. The topological polar surface area (TPSA) is 138 Å². The molecule has 0 radical (unpaired) electrons. The fraction of sp³-hybridized carbons (Fsp3) is 0. The average molecular weight is 582 g/mol. The molecule has 3 N–H and O–H groups in total. The van der Waals surface area contributed by atoms with E-state index in [0.717, 1.165) is 22.2 Å². The van der Waals surface area contributed by atoms with E-state index in [9.17, 15) is 25.9 Å². The van der Waals surface area contributed by atoms with Gasteiger partial charge in [-0.3, -0.25) is 9.11 Å². The van der Waals surface area contributed by atoms with Crippen LogP contribution in [0.2, 0.25) is 0 Å². The summed E-state index contributed by atoms with van der Waals surface area (Å²) in [7, 11) is -8.86. The Labute approximate surface area is 251 Å². The number of anilines is 2. The van der Waals surface area contributed by atoms with Crippen molar-refractivity contribution in [1.29, 1.82) is 0 Å². The van der Waals surface area contributed by atoms with Crippen LogP contribution in [0, 0.1) is 0 Å². The van der Waals surface area contributed by atoms with E-state index in [1.165, 1.54) is 36.4 Å². The summed E-state index contributed by atoms with van der Waals surface area (Å²) in [5.74, 6) is 0. The van der Waals surface area contributed by atoms with E-state index < -0.39 is 20.2 Å². The second kappa shape index (κ2) is 10.5. The predicted molar refractivity (Wildman–Crippen MR) is 148 cm³/mol. The molecule has 0 spiro atoms. The Bertz CT molecular complexity index is 2140. The minimum absolute atomic E-state index is 0. The normalized spacial score (nSPS) is 11.9. The van der Waals surface area contributed by atoms with Crippen LogP contribution < -0.4 is 39.4 Å². The van der Waals surface area contributed by atoms with E-state index in [1.807, 2.05) is 60.7 Å². The van der Waals surface area contributed by atoms with Crippen molar-refractivity contribution in [2.24, 2.45) is 0 Å². The molecule has 194 valence electrons. The van der Waals surface area contributed by atoms with Gasteiger partial charge in [0, 0.05) is 40.7 Å². The third-order valence-electron chi connectivity index (χ3n) is 6.40. The van der Waals surface area contributed by atoms with Crippen LogP contribution in [0.15, 0.2) is 113 Å². The minimum atomic E-state index is -4.49. The van der Waals surface area contributed by atoms with Gasteiger partial charge in [0.25, 0.3) is 20.2 Å². The van der Waals surface area contributed by atoms with E-state index in [1.54, 1.807) is 6.07 Å². The van der Waals surface area contributed by atoms with Gasteiger partial charge in [0.1, 0.15) is 11.0 Å². The molecule has 40 heavy (non-hydrogen) atoms. The molecule has 0 bridgehead atoms. The van der Waals surface area contributed by atoms with Crippen molar-refractivity contribution < 1.29 is 60.1 Å². The Morgan fingerprint density at radius 1 is 0.650 bits per heavy atom. The van der Waals surface area contributed by atoms with Crippen molar-refractivity contribution in [2.45, 2.75) is 9.79 Å². The molecule has 0 atom stereocenters. The molecule has 0 fully saturated rings. The maximum atomic E-state index is 12.0. The Kier molecular flexibility index (Phi) is 7.40. The third kappa shape index (κ3) is 5.20. The van der Waals surface area contributed by atoms with Crippen molar-refractivity contribution in [3.63, 3.8) is 0 Å². The first-order valence-corrected chi connectivity index (χ1v) is 14.6. The number of aromatic nitrogens is 2. The van der Waals surface area contributed by atoms with Crippen LogP contribution in [-0.2, 0) is 20.2 Å². The molecule has 0 aliphatic heterocycles. The summed E-state index contributed by atoms with van der Waals surface area (Å²) >= 11 is 0. The Morgan fingerprint density at radius 3 is 1.95 bits per heavy atom. The van der Waals surface area contributed by atoms with E-state index in [4.69, 9.17) is 4.98 Å². The first-order chi connectivity index (χ1) is 18.6. The molecule has 0 unspecified atom stereocenters. The molecule has 0 amide bonds. The minimum Gasteiger partial charge on any atom is -0.355 e. The number of fused-ring (bicyclic) bond motifs is 4. The van der Waals surface area contributed by atoms with Gasteiger partial charge < -0.3 is 5.32 Å². The average Bonchev–Trinajstić information content (AvgIpc) is 2.91. The third-order valence-corrected chi connectivity index (χ3v) is 8.12. The number of hydrogen-bond donors (Lipinski definition) is 3. The molecule has 1 heterocycles. The van der Waals surface area contributed by atoms with E-state index in [0.29, 0.717) is 27.7 Å². The standard InChI is InChI=1S/C28H19N3O6S2.Na/c32-38(33,34)20-12-10-18(11-13-20)29-25-17-27-28(22-15-14-21(16-23(22)25)39(35,36)37)30-24-8-4-5-9-26(24)31(27)19-6-2-1-3-7-19;/h1-17H,(H2,32,33,34,35,36,37);/q;+1/p+1. The fourth-order valence-electron chi connectivity index (χ4n) is 4.64. The van der Waals surface area contributed by atoms with Crippen molar-refractivity contribution in [3.8, 4) is 5.69 Å². The smallest absolute Gasteiger partial charge is 0.355 e. The maximum Gasteiger partial charge on any atom is 1.00 e. The predicted octanol–water partition coefficient (Wildman–Crippen LogP) is 2.06. The van der Waals surface area contributed by atoms with Crippen LogP contribution in [0.4, 0.5) is 11.4 Å². The summed E-state index contributed by atoms with van der Waals surface area (Å²) in [6.45, 7) is 0. The van der Waals surface area contributed by atoms with Crippen LogP contribution in [-0.4, -0.2) is 30.9 Å². The quantitative estimate of drug-likeness (QED) is 0.0925. The van der Waals surface area contributed by atoms with Gasteiger partial charge in [0.15, 0.2) is 0 Å². The Balaban J connectivity index is 0.00000323. The maximum absolute atomic E-state index is 12.0. The van der Waals surface area contributed by atoms with Gasteiger partial charge in [0.2, 0.25) is 16.7 Å². The van der Waals surface area contributed by atoms with Gasteiger partial charge in [-0.15, -0.1) is 4.57 Å². The second-order valence-corrected chi connectivity index (χ2v) is 11.7. The molecule has 6 aromatic rings. The zero-order valence-corrected chi connectivity index (χ0v) is 24.7. The van der Waals surface area contributed by atoms with Crippen LogP contribution in [0.3, 0.4) is 0 Å². The molecule has 0 saturated carbocycles. The number of rotatable bonds is 5. The molecule has 0 aliphatic carbocycles. The zero-order valence-electron chi connectivity index (χ0n) is 21.1. The molecule has 1 aromatic heterocycles. The van der Waals surface area contributed by atoms with Crippen LogP contribution in [0.1, 0.15) is 0 Å².